The Balaban J connectivity index is 1.82. The minimum atomic E-state index is -0.961. The summed E-state index contributed by atoms with van der Waals surface area (Å²) >= 11 is 1.52. The van der Waals surface area contributed by atoms with Crippen LogP contribution in [0.25, 0.3) is 6.08 Å². The molecule has 5 nitrogen and oxygen atoms in total. The number of carbonyl (C=O) groups is 2. The molecule has 2 amide bonds. The van der Waals surface area contributed by atoms with Crippen LogP contribution in [0.15, 0.2) is 17.5 Å². The monoisotopic (exact) mass is 308 g/mol. The van der Waals surface area contributed by atoms with Crippen molar-refractivity contribution in [3.63, 3.8) is 0 Å². The zero-order valence-corrected chi connectivity index (χ0v) is 12.7. The minimum absolute atomic E-state index is 0.00655. The van der Waals surface area contributed by atoms with Crippen molar-refractivity contribution in [1.82, 2.24) is 10.2 Å². The van der Waals surface area contributed by atoms with Crippen LogP contribution < -0.4 is 5.32 Å². The van der Waals surface area contributed by atoms with Crippen LogP contribution in [0.1, 0.15) is 36.1 Å². The Morgan fingerprint density at radius 3 is 2.67 bits per heavy atom. The first-order valence-corrected chi connectivity index (χ1v) is 8.04. The number of carboxylic acid groups (broad SMARTS) is 1. The van der Waals surface area contributed by atoms with Gasteiger partial charge in [-0.1, -0.05) is 12.8 Å². The second kappa shape index (κ2) is 7.83. The zero-order valence-electron chi connectivity index (χ0n) is 11.9. The first-order chi connectivity index (χ1) is 10.1. The van der Waals surface area contributed by atoms with Crippen LogP contribution in [0.5, 0.6) is 0 Å². The summed E-state index contributed by atoms with van der Waals surface area (Å²) in [6, 6.07) is 1.89. The fourth-order valence-corrected chi connectivity index (χ4v) is 3.09. The molecule has 114 valence electrons. The van der Waals surface area contributed by atoms with Gasteiger partial charge in [0.25, 0.3) is 0 Å². The van der Waals surface area contributed by atoms with Crippen molar-refractivity contribution in [2.24, 2.45) is 0 Å². The molecule has 0 aromatic carbocycles. The van der Waals surface area contributed by atoms with Crippen LogP contribution in [0.2, 0.25) is 0 Å². The maximum atomic E-state index is 12.1. The Hall–Kier alpha value is -1.82. The number of carboxylic acids is 1. The Morgan fingerprint density at radius 2 is 2.00 bits per heavy atom. The molecule has 0 atom stereocenters. The maximum Gasteiger partial charge on any atom is 0.328 e. The summed E-state index contributed by atoms with van der Waals surface area (Å²) in [4.78, 5) is 25.4. The average molecular weight is 308 g/mol. The molecule has 1 fully saturated rings. The number of urea groups is 1. The van der Waals surface area contributed by atoms with E-state index in [0.717, 1.165) is 42.4 Å². The van der Waals surface area contributed by atoms with Crippen molar-refractivity contribution in [1.29, 1.82) is 0 Å². The van der Waals surface area contributed by atoms with Crippen LogP contribution >= 0.6 is 11.3 Å². The number of likely N-dealkylation sites (tertiary alicyclic amines) is 1. The van der Waals surface area contributed by atoms with Gasteiger partial charge in [0, 0.05) is 24.0 Å². The van der Waals surface area contributed by atoms with Crippen LogP contribution in [-0.4, -0.2) is 35.1 Å². The van der Waals surface area contributed by atoms with Crippen molar-refractivity contribution in [2.45, 2.75) is 32.2 Å². The number of nitrogens with zero attached hydrogens (tertiary/aromatic N) is 1. The third-order valence-corrected chi connectivity index (χ3v) is 4.35. The van der Waals surface area contributed by atoms with E-state index < -0.39 is 5.97 Å². The van der Waals surface area contributed by atoms with Crippen molar-refractivity contribution < 1.29 is 14.7 Å². The average Bonchev–Trinajstić information content (AvgIpc) is 2.74. The molecule has 2 heterocycles. The number of hydrogen-bond donors (Lipinski definition) is 2. The minimum Gasteiger partial charge on any atom is -0.478 e. The van der Waals surface area contributed by atoms with Gasteiger partial charge in [0.05, 0.1) is 6.54 Å². The van der Waals surface area contributed by atoms with Gasteiger partial charge in [0.1, 0.15) is 0 Å². The van der Waals surface area contributed by atoms with E-state index in [1.807, 2.05) is 16.3 Å². The van der Waals surface area contributed by atoms with E-state index in [9.17, 15) is 9.59 Å². The zero-order chi connectivity index (χ0) is 15.1. The Morgan fingerprint density at radius 1 is 1.29 bits per heavy atom. The number of hydrogen-bond acceptors (Lipinski definition) is 3. The van der Waals surface area contributed by atoms with Gasteiger partial charge in [-0.2, -0.15) is 0 Å². The second-order valence-corrected chi connectivity index (χ2v) is 6.07. The molecule has 1 aromatic rings. The van der Waals surface area contributed by atoms with E-state index in [1.165, 1.54) is 24.2 Å². The molecule has 0 bridgehead atoms. The lowest BCUT2D eigenvalue weighted by atomic mass is 10.2. The van der Waals surface area contributed by atoms with Gasteiger partial charge < -0.3 is 15.3 Å². The van der Waals surface area contributed by atoms with Gasteiger partial charge in [-0.25, -0.2) is 9.59 Å². The maximum absolute atomic E-state index is 12.1. The van der Waals surface area contributed by atoms with E-state index >= 15 is 0 Å². The lowest BCUT2D eigenvalue weighted by Crippen LogP contribution is -2.39. The highest BCUT2D eigenvalue weighted by atomic mass is 32.1. The lowest BCUT2D eigenvalue weighted by Gasteiger charge is -2.20. The smallest absolute Gasteiger partial charge is 0.328 e. The summed E-state index contributed by atoms with van der Waals surface area (Å²) < 4.78 is 0. The Labute approximate surface area is 128 Å². The third kappa shape index (κ3) is 5.23. The summed E-state index contributed by atoms with van der Waals surface area (Å²) in [5, 5.41) is 13.4. The predicted octanol–water partition coefficient (Wildman–Crippen LogP) is 2.93. The van der Waals surface area contributed by atoms with Gasteiger partial charge in [-0.15, -0.1) is 11.3 Å². The van der Waals surface area contributed by atoms with Crippen LogP contribution in [0, 0.1) is 0 Å². The Kier molecular flexibility index (Phi) is 5.80. The van der Waals surface area contributed by atoms with Crippen molar-refractivity contribution >= 4 is 29.4 Å². The molecule has 1 aliphatic heterocycles. The first kappa shape index (κ1) is 15.6. The number of rotatable bonds is 4. The van der Waals surface area contributed by atoms with Gasteiger partial charge in [0.2, 0.25) is 0 Å². The van der Waals surface area contributed by atoms with E-state index in [4.69, 9.17) is 5.11 Å². The van der Waals surface area contributed by atoms with Crippen molar-refractivity contribution in [3.8, 4) is 0 Å². The fraction of sp³-hybridized carbons (Fsp3) is 0.467. The summed E-state index contributed by atoms with van der Waals surface area (Å²) in [6.07, 6.45) is 7.23. The van der Waals surface area contributed by atoms with Gasteiger partial charge in [0.15, 0.2) is 0 Å². The highest BCUT2D eigenvalue weighted by Gasteiger charge is 2.14. The molecule has 21 heavy (non-hydrogen) atoms. The van der Waals surface area contributed by atoms with E-state index in [0.29, 0.717) is 6.54 Å². The molecule has 6 heteroatoms. The fourth-order valence-electron chi connectivity index (χ4n) is 2.29. The quantitative estimate of drug-likeness (QED) is 0.840. The van der Waals surface area contributed by atoms with E-state index in [2.05, 4.69) is 5.32 Å². The summed E-state index contributed by atoms with van der Waals surface area (Å²) in [7, 11) is 0. The molecule has 1 aliphatic rings. The van der Waals surface area contributed by atoms with Crippen LogP contribution in [-0.2, 0) is 11.3 Å². The highest BCUT2D eigenvalue weighted by Crippen LogP contribution is 2.16. The van der Waals surface area contributed by atoms with Crippen LogP contribution in [0.3, 0.4) is 0 Å². The number of nitrogens with one attached hydrogen (secondary N) is 1. The lowest BCUT2D eigenvalue weighted by molar-refractivity contribution is -0.131. The van der Waals surface area contributed by atoms with Gasteiger partial charge in [-0.05, 0) is 35.9 Å². The first-order valence-electron chi connectivity index (χ1n) is 7.16. The predicted molar refractivity (Wildman–Crippen MR) is 83.3 cm³/mol. The number of amides is 2. The molecule has 2 rings (SSSR count). The molecule has 1 aromatic heterocycles. The molecule has 2 N–H and O–H groups in total. The van der Waals surface area contributed by atoms with Crippen molar-refractivity contribution in [3.05, 3.63) is 28.0 Å². The summed E-state index contributed by atoms with van der Waals surface area (Å²) in [6.45, 7) is 2.16. The molecule has 1 saturated heterocycles. The van der Waals surface area contributed by atoms with Crippen molar-refractivity contribution in [2.75, 3.05) is 13.1 Å². The largest absolute Gasteiger partial charge is 0.478 e. The number of carbonyl (C=O) groups excluding carboxylic acids is 1. The number of thiophene rings is 1. The standard InChI is InChI=1S/C15H20N2O3S/c18-14(19)6-5-12-9-13(21-11-12)10-16-15(20)17-7-3-1-2-4-8-17/h5-6,9,11H,1-4,7-8,10H2,(H,16,20)(H,18,19). The molecule has 0 aliphatic carbocycles. The molecular formula is C15H20N2O3S. The van der Waals surface area contributed by atoms with Gasteiger partial charge in [-0.3, -0.25) is 0 Å². The Bertz CT molecular complexity index is 517. The van der Waals surface area contributed by atoms with E-state index in [-0.39, 0.29) is 6.03 Å². The third-order valence-electron chi connectivity index (χ3n) is 3.40. The molecule has 0 unspecified atom stereocenters. The molecule has 0 spiro atoms. The molecule has 0 saturated carbocycles. The summed E-state index contributed by atoms with van der Waals surface area (Å²) in [5.41, 5.74) is 0.849. The van der Waals surface area contributed by atoms with E-state index in [1.54, 1.807) is 6.08 Å². The second-order valence-electron chi connectivity index (χ2n) is 5.08. The summed E-state index contributed by atoms with van der Waals surface area (Å²) in [5.74, 6) is -0.961. The SMILES string of the molecule is O=C(O)C=Cc1csc(CNC(=O)N2CCCCCC2)c1. The topological polar surface area (TPSA) is 69.6 Å². The van der Waals surface area contributed by atoms with Crippen LogP contribution in [0.4, 0.5) is 4.79 Å². The highest BCUT2D eigenvalue weighted by molar-refractivity contribution is 7.10. The molecule has 0 radical (unpaired) electrons. The molecular weight excluding hydrogens is 288 g/mol. The normalized spacial score (nSPS) is 15.9. The van der Waals surface area contributed by atoms with Gasteiger partial charge >= 0.3 is 12.0 Å². The number of aliphatic carboxylic acids is 1.